The van der Waals surface area contributed by atoms with Crippen molar-refractivity contribution in [3.63, 3.8) is 0 Å². The molecular weight excluding hydrogens is 290 g/mol. The second kappa shape index (κ2) is 4.84. The largest absolute Gasteiger partial charge is 0.479 e. The van der Waals surface area contributed by atoms with E-state index in [1.807, 2.05) is 54.0 Å². The molecule has 0 fully saturated rings. The van der Waals surface area contributed by atoms with Gasteiger partial charge in [-0.1, -0.05) is 0 Å². The van der Waals surface area contributed by atoms with Gasteiger partial charge in [-0.05, 0) is 49.7 Å². The van der Waals surface area contributed by atoms with E-state index < -0.39 is 6.10 Å². The number of amides is 1. The molecule has 1 unspecified atom stereocenters. The summed E-state index contributed by atoms with van der Waals surface area (Å²) in [6.07, 6.45) is 3.54. The van der Waals surface area contributed by atoms with Gasteiger partial charge in [-0.3, -0.25) is 4.79 Å². The Hall–Kier alpha value is -2.82. The number of aromatic nitrogens is 2. The number of likely N-dealkylation sites (N-methyl/N-ethyl adjacent to an activating group) is 1. The van der Waals surface area contributed by atoms with Crippen molar-refractivity contribution < 1.29 is 9.53 Å². The lowest BCUT2D eigenvalue weighted by Crippen LogP contribution is -2.41. The Bertz CT molecular complexity index is 929. The minimum atomic E-state index is -0.448. The normalized spacial score (nSPS) is 17.3. The van der Waals surface area contributed by atoms with Crippen LogP contribution in [0.3, 0.4) is 0 Å². The van der Waals surface area contributed by atoms with E-state index in [4.69, 9.17) is 4.74 Å². The summed E-state index contributed by atoms with van der Waals surface area (Å²) >= 11 is 0. The Balaban J connectivity index is 1.81. The minimum absolute atomic E-state index is 0.0414. The average Bonchev–Trinajstić information content (AvgIpc) is 2.95. The first-order chi connectivity index (χ1) is 11.0. The molecule has 1 aromatic carbocycles. The first-order valence-corrected chi connectivity index (χ1v) is 7.57. The highest BCUT2D eigenvalue weighted by atomic mass is 16.5. The Kier molecular flexibility index (Phi) is 2.91. The number of fused-ring (bicyclic) bond motifs is 2. The molecule has 4 rings (SSSR count). The first-order valence-electron chi connectivity index (χ1n) is 7.57. The molecule has 0 aliphatic carbocycles. The molecule has 3 aromatic rings. The van der Waals surface area contributed by atoms with Crippen molar-refractivity contribution in [2.75, 3.05) is 11.9 Å². The van der Waals surface area contributed by atoms with E-state index >= 15 is 0 Å². The third-order valence-corrected chi connectivity index (χ3v) is 4.21. The molecular formula is C18H17N3O2. The molecule has 0 N–H and O–H groups in total. The molecule has 23 heavy (non-hydrogen) atoms. The summed E-state index contributed by atoms with van der Waals surface area (Å²) < 4.78 is 7.66. The number of pyridine rings is 1. The fraction of sp³-hybridized carbons (Fsp3) is 0.222. The second-order valence-electron chi connectivity index (χ2n) is 5.94. The van der Waals surface area contributed by atoms with Crippen LogP contribution in [0.2, 0.25) is 0 Å². The van der Waals surface area contributed by atoms with E-state index in [0.717, 1.165) is 28.3 Å². The molecule has 5 nitrogen and oxygen atoms in total. The Morgan fingerprint density at radius 2 is 2.04 bits per heavy atom. The van der Waals surface area contributed by atoms with Gasteiger partial charge in [0.2, 0.25) is 0 Å². The number of nitrogens with zero attached hydrogens (tertiary/aromatic N) is 3. The molecule has 5 heteroatoms. The molecule has 1 aliphatic rings. The quantitative estimate of drug-likeness (QED) is 0.694. The highest BCUT2D eigenvalue weighted by Gasteiger charge is 2.29. The monoisotopic (exact) mass is 307 g/mol. The molecule has 1 atom stereocenters. The molecule has 0 saturated heterocycles. The maximum absolute atomic E-state index is 12.1. The number of benzene rings is 1. The molecule has 1 amide bonds. The first kappa shape index (κ1) is 13.8. The van der Waals surface area contributed by atoms with Gasteiger partial charge in [0.25, 0.3) is 5.91 Å². The second-order valence-corrected chi connectivity index (χ2v) is 5.94. The molecule has 0 spiro atoms. The SMILES string of the molecule is Cc1ccn2cc(-c3ccc4c(c3)N(C)C(=O)C(C)O4)nc2c1. The number of imidazole rings is 1. The van der Waals surface area contributed by atoms with E-state index in [0.29, 0.717) is 0 Å². The van der Waals surface area contributed by atoms with E-state index in [2.05, 4.69) is 4.98 Å². The number of ether oxygens (including phenoxy) is 1. The summed E-state index contributed by atoms with van der Waals surface area (Å²) in [6, 6.07) is 9.92. The van der Waals surface area contributed by atoms with E-state index in [1.165, 1.54) is 5.56 Å². The zero-order valence-electron chi connectivity index (χ0n) is 13.3. The number of hydrogen-bond donors (Lipinski definition) is 0. The Labute approximate surface area is 134 Å². The maximum atomic E-state index is 12.1. The zero-order valence-corrected chi connectivity index (χ0v) is 13.3. The lowest BCUT2D eigenvalue weighted by Gasteiger charge is -2.30. The Morgan fingerprint density at radius 3 is 2.87 bits per heavy atom. The van der Waals surface area contributed by atoms with E-state index in [1.54, 1.807) is 18.9 Å². The van der Waals surface area contributed by atoms with Gasteiger partial charge >= 0.3 is 0 Å². The molecule has 2 aromatic heterocycles. The molecule has 116 valence electrons. The summed E-state index contributed by atoms with van der Waals surface area (Å²) in [5.74, 6) is 0.684. The van der Waals surface area contributed by atoms with Crippen molar-refractivity contribution in [3.05, 3.63) is 48.3 Å². The van der Waals surface area contributed by atoms with Crippen LogP contribution in [0.15, 0.2) is 42.7 Å². The smallest absolute Gasteiger partial charge is 0.267 e. The number of rotatable bonds is 1. The maximum Gasteiger partial charge on any atom is 0.267 e. The van der Waals surface area contributed by atoms with Crippen LogP contribution < -0.4 is 9.64 Å². The highest BCUT2D eigenvalue weighted by Crippen LogP contribution is 2.36. The van der Waals surface area contributed by atoms with Crippen LogP contribution >= 0.6 is 0 Å². The van der Waals surface area contributed by atoms with Crippen LogP contribution in [-0.4, -0.2) is 28.4 Å². The van der Waals surface area contributed by atoms with Gasteiger partial charge in [-0.2, -0.15) is 0 Å². The van der Waals surface area contributed by atoms with Gasteiger partial charge in [0.1, 0.15) is 11.4 Å². The summed E-state index contributed by atoms with van der Waals surface area (Å²) in [5, 5.41) is 0. The Morgan fingerprint density at radius 1 is 1.22 bits per heavy atom. The topological polar surface area (TPSA) is 46.8 Å². The van der Waals surface area contributed by atoms with Gasteiger partial charge in [0.05, 0.1) is 11.4 Å². The van der Waals surface area contributed by atoms with Crippen LogP contribution in [-0.2, 0) is 4.79 Å². The van der Waals surface area contributed by atoms with Gasteiger partial charge in [-0.25, -0.2) is 4.98 Å². The predicted octanol–water partition coefficient (Wildman–Crippen LogP) is 3.05. The third-order valence-electron chi connectivity index (χ3n) is 4.21. The standard InChI is InChI=1S/C18H17N3O2/c1-11-6-7-21-10-14(19-17(21)8-11)13-4-5-16-15(9-13)20(3)18(22)12(2)23-16/h4-10,12H,1-3H3. The van der Waals surface area contributed by atoms with Crippen molar-refractivity contribution >= 4 is 17.2 Å². The van der Waals surface area contributed by atoms with Crippen LogP contribution in [0.5, 0.6) is 5.75 Å². The van der Waals surface area contributed by atoms with Crippen LogP contribution in [0, 0.1) is 6.92 Å². The van der Waals surface area contributed by atoms with Crippen LogP contribution in [0.25, 0.3) is 16.9 Å². The minimum Gasteiger partial charge on any atom is -0.479 e. The van der Waals surface area contributed by atoms with Gasteiger partial charge in [0.15, 0.2) is 6.10 Å². The molecule has 0 radical (unpaired) electrons. The number of anilines is 1. The van der Waals surface area contributed by atoms with Crippen molar-refractivity contribution in [1.82, 2.24) is 9.38 Å². The number of carbonyl (C=O) groups is 1. The van der Waals surface area contributed by atoms with E-state index in [-0.39, 0.29) is 5.91 Å². The summed E-state index contributed by atoms with van der Waals surface area (Å²) in [5.41, 5.74) is 4.69. The molecule has 0 saturated carbocycles. The lowest BCUT2D eigenvalue weighted by molar-refractivity contribution is -0.125. The summed E-state index contributed by atoms with van der Waals surface area (Å²) in [4.78, 5) is 18.4. The zero-order chi connectivity index (χ0) is 16.1. The number of carbonyl (C=O) groups excluding carboxylic acids is 1. The van der Waals surface area contributed by atoms with Gasteiger partial charge < -0.3 is 14.0 Å². The third kappa shape index (κ3) is 2.16. The predicted molar refractivity (Wildman–Crippen MR) is 88.9 cm³/mol. The van der Waals surface area contributed by atoms with E-state index in [9.17, 15) is 4.79 Å². The number of hydrogen-bond acceptors (Lipinski definition) is 3. The van der Waals surface area contributed by atoms with Gasteiger partial charge in [0, 0.05) is 25.0 Å². The number of aryl methyl sites for hydroxylation is 1. The highest BCUT2D eigenvalue weighted by molar-refractivity contribution is 6.00. The fourth-order valence-electron chi connectivity index (χ4n) is 2.89. The van der Waals surface area contributed by atoms with Crippen molar-refractivity contribution in [2.45, 2.75) is 20.0 Å². The van der Waals surface area contributed by atoms with Crippen LogP contribution in [0.1, 0.15) is 12.5 Å². The fourth-order valence-corrected chi connectivity index (χ4v) is 2.89. The van der Waals surface area contributed by atoms with Crippen LogP contribution in [0.4, 0.5) is 5.69 Å². The molecule has 1 aliphatic heterocycles. The summed E-state index contributed by atoms with van der Waals surface area (Å²) in [6.45, 7) is 3.81. The molecule has 0 bridgehead atoms. The molecule has 3 heterocycles. The average molecular weight is 307 g/mol. The van der Waals surface area contributed by atoms with Crippen molar-refractivity contribution in [2.24, 2.45) is 0 Å². The van der Waals surface area contributed by atoms with Crippen molar-refractivity contribution in [1.29, 1.82) is 0 Å². The lowest BCUT2D eigenvalue weighted by atomic mass is 10.1. The van der Waals surface area contributed by atoms with Crippen molar-refractivity contribution in [3.8, 4) is 17.0 Å². The summed E-state index contributed by atoms with van der Waals surface area (Å²) in [7, 11) is 1.77. The van der Waals surface area contributed by atoms with Gasteiger partial charge in [-0.15, -0.1) is 0 Å².